The van der Waals surface area contributed by atoms with E-state index in [9.17, 15) is 0 Å². The number of para-hydroxylation sites is 3. The van der Waals surface area contributed by atoms with Gasteiger partial charge in [-0.1, -0.05) is 146 Å². The summed E-state index contributed by atoms with van der Waals surface area (Å²) in [6.07, 6.45) is -0.386. The molecule has 0 bridgehead atoms. The molecule has 0 fully saturated rings. The zero-order valence-electron chi connectivity index (χ0n) is 29.1. The Bertz CT molecular complexity index is 3110. The summed E-state index contributed by atoms with van der Waals surface area (Å²) in [6, 6.07) is 64.0. The molecule has 0 aliphatic carbocycles. The smallest absolute Gasteiger partial charge is 0.159 e. The fourth-order valence-corrected chi connectivity index (χ4v) is 8.01. The van der Waals surface area contributed by atoms with E-state index >= 15 is 0 Å². The van der Waals surface area contributed by atoms with Crippen LogP contribution in [0.25, 0.3) is 71.3 Å². The number of nitrogens with zero attached hydrogens (tertiary/aromatic N) is 3. The summed E-state index contributed by atoms with van der Waals surface area (Å²) in [4.78, 5) is 10.2. The predicted molar refractivity (Wildman–Crippen MR) is 223 cm³/mol. The van der Waals surface area contributed by atoms with Crippen LogP contribution in [0.1, 0.15) is 22.9 Å². The number of fused-ring (bicyclic) bond motifs is 7. The van der Waals surface area contributed by atoms with Gasteiger partial charge < -0.3 is 14.3 Å². The summed E-state index contributed by atoms with van der Waals surface area (Å²) < 4.78 is 8.80. The van der Waals surface area contributed by atoms with Crippen molar-refractivity contribution in [1.29, 1.82) is 0 Å². The molecule has 5 nitrogen and oxygen atoms in total. The molecule has 10 aromatic rings. The highest BCUT2D eigenvalue weighted by atomic mass is 16.3. The van der Waals surface area contributed by atoms with Crippen molar-refractivity contribution >= 4 is 66.2 Å². The van der Waals surface area contributed by atoms with Crippen LogP contribution in [0.3, 0.4) is 0 Å². The van der Waals surface area contributed by atoms with Gasteiger partial charge in [0, 0.05) is 43.9 Å². The molecule has 1 aliphatic rings. The lowest BCUT2D eigenvalue weighted by Gasteiger charge is -2.24. The zero-order valence-corrected chi connectivity index (χ0v) is 29.1. The monoisotopic (exact) mass is 692 g/mol. The first-order chi connectivity index (χ1) is 26.7. The molecular weight excluding hydrogens is 661 g/mol. The SMILES string of the molecule is c1ccc(C2=NC(c3cccc4c3oc3ccccc34)NC(c3ccc(-c4ccc(-n5c6ccccc6c6cc7ccccc7cc65)cc4)cc3)=N2)cc1. The van der Waals surface area contributed by atoms with E-state index < -0.39 is 0 Å². The first-order valence-electron chi connectivity index (χ1n) is 18.3. The lowest BCUT2D eigenvalue weighted by atomic mass is 10.0. The molecule has 5 heteroatoms. The summed E-state index contributed by atoms with van der Waals surface area (Å²) in [7, 11) is 0. The van der Waals surface area contributed by atoms with Crippen LogP contribution in [0.5, 0.6) is 0 Å². The van der Waals surface area contributed by atoms with Crippen LogP contribution in [0.2, 0.25) is 0 Å². The van der Waals surface area contributed by atoms with Crippen molar-refractivity contribution in [2.24, 2.45) is 9.98 Å². The Hall–Kier alpha value is -7.24. The number of hydrogen-bond acceptors (Lipinski definition) is 4. The number of benzene rings is 8. The fourth-order valence-electron chi connectivity index (χ4n) is 8.01. The minimum absolute atomic E-state index is 0.386. The standard InChI is InChI=1S/C49H32N4O/c1-2-11-33(12-3-1)47-50-48(52-49(51-47)41-18-10-17-40-39-16-7-9-20-45(39)54-46(40)41)34-23-21-31(22-24-34)32-25-27-37(28-26-32)53-43-19-8-6-15-38(43)42-29-35-13-4-5-14-36(35)30-44(42)53/h1-30,49H,(H,50,51,52). The number of amidine groups is 2. The molecule has 0 saturated carbocycles. The van der Waals surface area contributed by atoms with E-state index in [2.05, 4.69) is 155 Å². The molecule has 1 unspecified atom stereocenters. The number of aliphatic imine (C=N–C) groups is 2. The van der Waals surface area contributed by atoms with E-state index in [1.165, 1.54) is 32.6 Å². The Morgan fingerprint density at radius 3 is 1.94 bits per heavy atom. The van der Waals surface area contributed by atoms with Gasteiger partial charge in [-0.25, -0.2) is 9.98 Å². The van der Waals surface area contributed by atoms with Crippen LogP contribution in [-0.2, 0) is 0 Å². The quantitative estimate of drug-likeness (QED) is 0.195. The van der Waals surface area contributed by atoms with Crippen LogP contribution >= 0.6 is 0 Å². The van der Waals surface area contributed by atoms with Crippen molar-refractivity contribution < 1.29 is 4.42 Å². The highest BCUT2D eigenvalue weighted by molar-refractivity contribution is 6.15. The predicted octanol–water partition coefficient (Wildman–Crippen LogP) is 12.0. The van der Waals surface area contributed by atoms with Gasteiger partial charge in [-0.2, -0.15) is 0 Å². The van der Waals surface area contributed by atoms with Gasteiger partial charge in [-0.3, -0.25) is 0 Å². The summed E-state index contributed by atoms with van der Waals surface area (Å²) in [6.45, 7) is 0. The van der Waals surface area contributed by atoms with Gasteiger partial charge in [0.1, 0.15) is 17.0 Å². The maximum atomic E-state index is 6.42. The van der Waals surface area contributed by atoms with E-state index in [-0.39, 0.29) is 6.17 Å². The van der Waals surface area contributed by atoms with Crippen molar-refractivity contribution in [1.82, 2.24) is 9.88 Å². The molecule has 1 N–H and O–H groups in total. The van der Waals surface area contributed by atoms with Crippen LogP contribution in [0, 0.1) is 0 Å². The van der Waals surface area contributed by atoms with Gasteiger partial charge in [-0.15, -0.1) is 0 Å². The van der Waals surface area contributed by atoms with Crippen LogP contribution in [0.4, 0.5) is 0 Å². The lowest BCUT2D eigenvalue weighted by Crippen LogP contribution is -2.33. The number of nitrogens with one attached hydrogen (secondary N) is 1. The molecule has 11 rings (SSSR count). The van der Waals surface area contributed by atoms with Crippen LogP contribution in [0.15, 0.2) is 196 Å². The molecule has 1 atom stereocenters. The third-order valence-electron chi connectivity index (χ3n) is 10.7. The number of hydrogen-bond donors (Lipinski definition) is 1. The van der Waals surface area contributed by atoms with E-state index in [0.717, 1.165) is 61.3 Å². The molecule has 3 heterocycles. The maximum absolute atomic E-state index is 6.42. The number of aromatic nitrogens is 1. The van der Waals surface area contributed by atoms with E-state index in [1.54, 1.807) is 0 Å². The molecule has 254 valence electrons. The first-order valence-corrected chi connectivity index (χ1v) is 18.3. The number of furan rings is 1. The second-order valence-corrected chi connectivity index (χ2v) is 13.8. The molecule has 0 spiro atoms. The second-order valence-electron chi connectivity index (χ2n) is 13.8. The molecular formula is C49H32N4O. The summed E-state index contributed by atoms with van der Waals surface area (Å²) in [5.74, 6) is 1.45. The summed E-state index contributed by atoms with van der Waals surface area (Å²) >= 11 is 0. The van der Waals surface area contributed by atoms with Crippen molar-refractivity contribution in [3.8, 4) is 16.8 Å². The number of rotatable bonds is 5. The van der Waals surface area contributed by atoms with Gasteiger partial charge in [0.2, 0.25) is 0 Å². The van der Waals surface area contributed by atoms with Crippen molar-refractivity contribution in [3.05, 3.63) is 199 Å². The normalized spacial score (nSPS) is 14.5. The van der Waals surface area contributed by atoms with Gasteiger partial charge in [0.05, 0.1) is 11.0 Å². The molecule has 8 aromatic carbocycles. The van der Waals surface area contributed by atoms with Gasteiger partial charge in [0.25, 0.3) is 0 Å². The molecule has 1 aliphatic heterocycles. The zero-order chi connectivity index (χ0) is 35.6. The van der Waals surface area contributed by atoms with Gasteiger partial charge >= 0.3 is 0 Å². The molecule has 0 radical (unpaired) electrons. The van der Waals surface area contributed by atoms with E-state index in [0.29, 0.717) is 5.84 Å². The average molecular weight is 693 g/mol. The van der Waals surface area contributed by atoms with Crippen molar-refractivity contribution in [2.45, 2.75) is 6.17 Å². The Morgan fingerprint density at radius 1 is 0.481 bits per heavy atom. The van der Waals surface area contributed by atoms with Crippen molar-refractivity contribution in [2.75, 3.05) is 0 Å². The van der Waals surface area contributed by atoms with Gasteiger partial charge in [-0.05, 0) is 58.3 Å². The highest BCUT2D eigenvalue weighted by Gasteiger charge is 2.24. The Balaban J connectivity index is 0.942. The first kappa shape index (κ1) is 30.4. The Morgan fingerprint density at radius 2 is 1.13 bits per heavy atom. The fraction of sp³-hybridized carbons (Fsp3) is 0.0204. The average Bonchev–Trinajstić information content (AvgIpc) is 3.78. The summed E-state index contributed by atoms with van der Waals surface area (Å²) in [5, 5.41) is 10.8. The Labute approximate surface area is 311 Å². The molecule has 54 heavy (non-hydrogen) atoms. The highest BCUT2D eigenvalue weighted by Crippen LogP contribution is 2.37. The maximum Gasteiger partial charge on any atom is 0.159 e. The van der Waals surface area contributed by atoms with E-state index in [1.807, 2.05) is 36.4 Å². The topological polar surface area (TPSA) is 54.8 Å². The molecule has 0 saturated heterocycles. The largest absolute Gasteiger partial charge is 0.456 e. The lowest BCUT2D eigenvalue weighted by molar-refractivity contribution is 0.628. The van der Waals surface area contributed by atoms with Crippen LogP contribution in [-0.4, -0.2) is 16.2 Å². The Kier molecular flexibility index (Phi) is 6.85. The third kappa shape index (κ3) is 4.94. The minimum Gasteiger partial charge on any atom is -0.456 e. The third-order valence-corrected chi connectivity index (χ3v) is 10.7. The molecule has 2 aromatic heterocycles. The van der Waals surface area contributed by atoms with Crippen LogP contribution < -0.4 is 5.32 Å². The summed E-state index contributed by atoms with van der Waals surface area (Å²) in [5.41, 5.74) is 10.4. The van der Waals surface area contributed by atoms with E-state index in [4.69, 9.17) is 14.4 Å². The second kappa shape index (κ2) is 12.2. The molecule has 0 amide bonds. The van der Waals surface area contributed by atoms with Crippen molar-refractivity contribution in [3.63, 3.8) is 0 Å². The minimum atomic E-state index is -0.386. The van der Waals surface area contributed by atoms with Gasteiger partial charge in [0.15, 0.2) is 12.0 Å².